The number of nitrogens with zero attached hydrogens (tertiary/aromatic N) is 1. The van der Waals surface area contributed by atoms with E-state index < -0.39 is 6.10 Å². The molecule has 5 rings (SSSR count). The third-order valence-corrected chi connectivity index (χ3v) is 5.20. The van der Waals surface area contributed by atoms with Gasteiger partial charge in [0.2, 0.25) is 0 Å². The van der Waals surface area contributed by atoms with Crippen molar-refractivity contribution >= 4 is 34.3 Å². The third kappa shape index (κ3) is 3.86. The van der Waals surface area contributed by atoms with Gasteiger partial charge in [-0.05, 0) is 62.1 Å². The fourth-order valence-corrected chi connectivity index (χ4v) is 3.48. The Kier molecular flexibility index (Phi) is 4.52. The van der Waals surface area contributed by atoms with Crippen LogP contribution in [0.5, 0.6) is 0 Å². The van der Waals surface area contributed by atoms with Crippen LogP contribution in [-0.2, 0) is 9.53 Å². The Balaban J connectivity index is 1.28. The van der Waals surface area contributed by atoms with Crippen LogP contribution in [0.1, 0.15) is 47.8 Å². The maximum Gasteiger partial charge on any atom is 0.255 e. The molecule has 1 unspecified atom stereocenters. The molecule has 2 fully saturated rings. The highest BCUT2D eigenvalue weighted by atomic mass is 16.5. The summed E-state index contributed by atoms with van der Waals surface area (Å²) in [5.74, 6) is 0.776. The van der Waals surface area contributed by atoms with Gasteiger partial charge in [-0.3, -0.25) is 9.59 Å². The van der Waals surface area contributed by atoms with Gasteiger partial charge in [-0.25, -0.2) is 4.98 Å². The quantitative estimate of drug-likeness (QED) is 0.684. The lowest BCUT2D eigenvalue weighted by atomic mass is 10.1. The van der Waals surface area contributed by atoms with E-state index in [1.165, 1.54) is 0 Å². The van der Waals surface area contributed by atoms with Crippen molar-refractivity contribution < 1.29 is 18.7 Å². The minimum Gasteiger partial charge on any atom is -0.440 e. The van der Waals surface area contributed by atoms with Crippen molar-refractivity contribution in [1.82, 2.24) is 4.98 Å². The highest BCUT2D eigenvalue weighted by Gasteiger charge is 2.29. The van der Waals surface area contributed by atoms with Crippen LogP contribution in [0.4, 0.5) is 11.4 Å². The number of aromatic nitrogens is 1. The second-order valence-corrected chi connectivity index (χ2v) is 7.53. The van der Waals surface area contributed by atoms with E-state index in [1.807, 2.05) is 12.1 Å². The van der Waals surface area contributed by atoms with Crippen molar-refractivity contribution in [3.05, 3.63) is 53.9 Å². The third-order valence-electron chi connectivity index (χ3n) is 5.20. The van der Waals surface area contributed by atoms with E-state index in [-0.39, 0.29) is 11.8 Å². The standard InChI is InChI=1S/C22H21N3O4/c26-20(14-3-1-4-15(11-14)24-21(27)19-5-2-10-28-19)23-16-8-9-18-17(12-16)25-22(29-18)13-6-7-13/h1,3-4,8-9,11-13,19H,2,5-7,10H2,(H,23,26)(H,24,27). The van der Waals surface area contributed by atoms with Crippen molar-refractivity contribution in [1.29, 1.82) is 0 Å². The lowest BCUT2D eigenvalue weighted by Gasteiger charge is -2.11. The number of carbonyl (C=O) groups is 2. The van der Waals surface area contributed by atoms with Gasteiger partial charge < -0.3 is 19.8 Å². The number of hydrogen-bond acceptors (Lipinski definition) is 5. The number of fused-ring (bicyclic) bond motifs is 1. The maximum absolute atomic E-state index is 12.7. The van der Waals surface area contributed by atoms with Gasteiger partial charge in [0.15, 0.2) is 11.5 Å². The SMILES string of the molecule is O=C(Nc1ccc2oc(C3CC3)nc2c1)c1cccc(NC(=O)C2CCCO2)c1. The summed E-state index contributed by atoms with van der Waals surface area (Å²) in [4.78, 5) is 29.4. The lowest BCUT2D eigenvalue weighted by molar-refractivity contribution is -0.124. The first-order valence-electron chi connectivity index (χ1n) is 9.90. The van der Waals surface area contributed by atoms with Gasteiger partial charge in [0.05, 0.1) is 0 Å². The first kappa shape index (κ1) is 17.9. The Morgan fingerprint density at radius 1 is 1.00 bits per heavy atom. The molecule has 0 bridgehead atoms. The summed E-state index contributed by atoms with van der Waals surface area (Å²) in [7, 11) is 0. The molecule has 148 valence electrons. The molecule has 1 atom stereocenters. The number of ether oxygens (including phenoxy) is 1. The topological polar surface area (TPSA) is 93.5 Å². The molecule has 1 saturated heterocycles. The predicted octanol–water partition coefficient (Wildman–Crippen LogP) is 4.08. The minimum atomic E-state index is -0.415. The fraction of sp³-hybridized carbons (Fsp3) is 0.318. The molecule has 7 nitrogen and oxygen atoms in total. The summed E-state index contributed by atoms with van der Waals surface area (Å²) < 4.78 is 11.2. The molecule has 2 aliphatic rings. The molecule has 2 amide bonds. The summed E-state index contributed by atoms with van der Waals surface area (Å²) in [6, 6.07) is 12.3. The number of nitrogens with one attached hydrogen (secondary N) is 2. The van der Waals surface area contributed by atoms with Crippen LogP contribution in [0, 0.1) is 0 Å². The van der Waals surface area contributed by atoms with Gasteiger partial charge in [0.1, 0.15) is 11.6 Å². The zero-order valence-corrected chi connectivity index (χ0v) is 15.8. The maximum atomic E-state index is 12.7. The van der Waals surface area contributed by atoms with Crippen LogP contribution < -0.4 is 10.6 Å². The van der Waals surface area contributed by atoms with Crippen molar-refractivity contribution in [3.63, 3.8) is 0 Å². The molecule has 0 radical (unpaired) electrons. The minimum absolute atomic E-state index is 0.178. The van der Waals surface area contributed by atoms with Crippen LogP contribution in [0.25, 0.3) is 11.1 Å². The monoisotopic (exact) mass is 391 g/mol. The number of benzene rings is 2. The smallest absolute Gasteiger partial charge is 0.255 e. The molecule has 0 spiro atoms. The average Bonchev–Trinajstić information content (AvgIpc) is 3.25. The second kappa shape index (κ2) is 7.33. The lowest BCUT2D eigenvalue weighted by Crippen LogP contribution is -2.27. The first-order chi connectivity index (χ1) is 14.2. The normalized spacial score (nSPS) is 18.7. The molecule has 1 aliphatic heterocycles. The summed E-state index contributed by atoms with van der Waals surface area (Å²) in [6.07, 6.45) is 3.44. The largest absolute Gasteiger partial charge is 0.440 e. The molecule has 1 saturated carbocycles. The highest BCUT2D eigenvalue weighted by molar-refractivity contribution is 6.06. The molecular weight excluding hydrogens is 370 g/mol. The Hall–Kier alpha value is -3.19. The number of oxazole rings is 1. The van der Waals surface area contributed by atoms with Crippen molar-refractivity contribution in [2.45, 2.75) is 37.7 Å². The van der Waals surface area contributed by atoms with Gasteiger partial charge in [0, 0.05) is 29.5 Å². The van der Waals surface area contributed by atoms with Crippen molar-refractivity contribution in [3.8, 4) is 0 Å². The van der Waals surface area contributed by atoms with Gasteiger partial charge in [-0.2, -0.15) is 0 Å². The average molecular weight is 391 g/mol. The van der Waals surface area contributed by atoms with Crippen LogP contribution in [0.2, 0.25) is 0 Å². The molecule has 29 heavy (non-hydrogen) atoms. The van der Waals surface area contributed by atoms with Crippen LogP contribution in [0.15, 0.2) is 46.9 Å². The molecular formula is C22H21N3O4. The Labute approximate surface area is 167 Å². The van der Waals surface area contributed by atoms with Crippen molar-refractivity contribution in [2.75, 3.05) is 17.2 Å². The van der Waals surface area contributed by atoms with E-state index >= 15 is 0 Å². The van der Waals surface area contributed by atoms with E-state index in [0.717, 1.165) is 42.7 Å². The number of hydrogen-bond donors (Lipinski definition) is 2. The fourth-order valence-electron chi connectivity index (χ4n) is 3.48. The Bertz CT molecular complexity index is 1080. The van der Waals surface area contributed by atoms with E-state index in [1.54, 1.807) is 30.3 Å². The molecule has 2 heterocycles. The van der Waals surface area contributed by atoms with Gasteiger partial charge >= 0.3 is 0 Å². The number of anilines is 2. The molecule has 2 N–H and O–H groups in total. The van der Waals surface area contributed by atoms with Crippen LogP contribution in [0.3, 0.4) is 0 Å². The number of rotatable bonds is 5. The summed E-state index contributed by atoms with van der Waals surface area (Å²) >= 11 is 0. The van der Waals surface area contributed by atoms with E-state index in [4.69, 9.17) is 9.15 Å². The molecule has 3 aromatic rings. The molecule has 7 heteroatoms. The Morgan fingerprint density at radius 3 is 2.66 bits per heavy atom. The summed E-state index contributed by atoms with van der Waals surface area (Å²) in [5.41, 5.74) is 3.13. The number of carbonyl (C=O) groups excluding carboxylic acids is 2. The summed E-state index contributed by atoms with van der Waals surface area (Å²) in [5, 5.41) is 5.70. The van der Waals surface area contributed by atoms with E-state index in [0.29, 0.717) is 29.5 Å². The predicted molar refractivity (Wildman–Crippen MR) is 108 cm³/mol. The zero-order chi connectivity index (χ0) is 19.8. The van der Waals surface area contributed by atoms with Crippen molar-refractivity contribution in [2.24, 2.45) is 0 Å². The van der Waals surface area contributed by atoms with E-state index in [9.17, 15) is 9.59 Å². The summed E-state index contributed by atoms with van der Waals surface area (Å²) in [6.45, 7) is 0.610. The molecule has 1 aliphatic carbocycles. The van der Waals surface area contributed by atoms with E-state index in [2.05, 4.69) is 15.6 Å². The van der Waals surface area contributed by atoms with Gasteiger partial charge in [-0.1, -0.05) is 6.07 Å². The Morgan fingerprint density at radius 2 is 1.86 bits per heavy atom. The van der Waals surface area contributed by atoms with Gasteiger partial charge in [-0.15, -0.1) is 0 Å². The highest BCUT2D eigenvalue weighted by Crippen LogP contribution is 2.40. The van der Waals surface area contributed by atoms with Crippen LogP contribution in [-0.4, -0.2) is 29.5 Å². The van der Waals surface area contributed by atoms with Gasteiger partial charge in [0.25, 0.3) is 11.8 Å². The molecule has 2 aromatic carbocycles. The zero-order valence-electron chi connectivity index (χ0n) is 15.8. The first-order valence-corrected chi connectivity index (χ1v) is 9.90. The van der Waals surface area contributed by atoms with Crippen LogP contribution >= 0.6 is 0 Å². The number of amides is 2. The second-order valence-electron chi connectivity index (χ2n) is 7.53. The molecule has 1 aromatic heterocycles.